The smallest absolute Gasteiger partial charge is 0.251 e. The van der Waals surface area contributed by atoms with Crippen molar-refractivity contribution in [1.29, 1.82) is 0 Å². The van der Waals surface area contributed by atoms with Crippen LogP contribution < -0.4 is 21.1 Å². The van der Waals surface area contributed by atoms with E-state index in [1.165, 1.54) is 10.7 Å². The normalized spacial score (nSPS) is 17.1. The molecule has 1 aromatic heterocycles. The summed E-state index contributed by atoms with van der Waals surface area (Å²) >= 11 is 1.94. The van der Waals surface area contributed by atoms with E-state index in [0.717, 1.165) is 37.8 Å². The van der Waals surface area contributed by atoms with Crippen molar-refractivity contribution in [1.82, 2.24) is 25.6 Å². The summed E-state index contributed by atoms with van der Waals surface area (Å²) in [6, 6.07) is 9.14. The Kier molecular flexibility index (Phi) is 23.1. The number of Topliss-reactive ketones (excluding diaryl/α,β-unsaturated/α-hetero) is 3. The Morgan fingerprint density at radius 2 is 1.52 bits per heavy atom. The third kappa shape index (κ3) is 18.6. The summed E-state index contributed by atoms with van der Waals surface area (Å²) in [5.41, 5.74) is 6.97. The predicted octanol–water partition coefficient (Wildman–Crippen LogP) is 5.05. The van der Waals surface area contributed by atoms with Crippen LogP contribution in [0.15, 0.2) is 48.7 Å². The predicted molar refractivity (Wildman–Crippen MR) is 243 cm³/mol. The van der Waals surface area contributed by atoms with Crippen molar-refractivity contribution in [2.75, 3.05) is 66.0 Å². The van der Waals surface area contributed by atoms with Crippen molar-refractivity contribution in [3.63, 3.8) is 0 Å². The van der Waals surface area contributed by atoms with Gasteiger partial charge in [0.2, 0.25) is 5.91 Å². The minimum Gasteiger partial charge on any atom is -0.480 e. The molecule has 4 N–H and O–H groups in total. The number of hydrogen-bond acceptors (Lipinski definition) is 14. The molecule has 2 aromatic carbocycles. The molecule has 0 unspecified atom stereocenters. The van der Waals surface area contributed by atoms with Gasteiger partial charge in [0.05, 0.1) is 69.9 Å². The van der Waals surface area contributed by atoms with Crippen LogP contribution in [0.2, 0.25) is 0 Å². The van der Waals surface area contributed by atoms with E-state index >= 15 is 0 Å². The number of benzene rings is 2. The Hall–Kier alpha value is -4.66. The number of fused-ring (bicyclic) bond motifs is 1. The molecule has 0 aliphatic carbocycles. The van der Waals surface area contributed by atoms with Gasteiger partial charge in [-0.15, -0.1) is 5.10 Å². The van der Waals surface area contributed by atoms with Crippen LogP contribution in [0.25, 0.3) is 5.69 Å². The first-order valence-electron chi connectivity index (χ1n) is 23.0. The molecule has 66 heavy (non-hydrogen) atoms. The first-order chi connectivity index (χ1) is 32.1. The number of carbonyl (C=O) groups is 5. The number of aromatic nitrogens is 3. The number of thioether (sulfide) groups is 1. The van der Waals surface area contributed by atoms with Crippen LogP contribution in [0.5, 0.6) is 5.75 Å². The molecule has 2 saturated heterocycles. The number of nitrogens with zero attached hydrogens (tertiary/aromatic N) is 3. The largest absolute Gasteiger partial charge is 0.480 e. The highest BCUT2D eigenvalue weighted by atomic mass is 32.2. The van der Waals surface area contributed by atoms with E-state index in [2.05, 4.69) is 20.9 Å². The fourth-order valence-corrected chi connectivity index (χ4v) is 9.31. The molecule has 0 spiro atoms. The summed E-state index contributed by atoms with van der Waals surface area (Å²) < 4.78 is 56.9. The fourth-order valence-electron chi connectivity index (χ4n) is 7.58. The molecule has 16 nitrogen and oxygen atoms in total. The van der Waals surface area contributed by atoms with Crippen molar-refractivity contribution in [2.24, 2.45) is 5.73 Å². The molecule has 2 amide bonds. The highest BCUT2D eigenvalue weighted by Crippen LogP contribution is 2.41. The van der Waals surface area contributed by atoms with Crippen molar-refractivity contribution < 1.29 is 56.4 Å². The number of aryl methyl sites for hydroxylation is 1. The number of amides is 2. The van der Waals surface area contributed by atoms with Gasteiger partial charge in [-0.05, 0) is 81.8 Å². The maximum absolute atomic E-state index is 14.0. The average Bonchev–Trinajstić information content (AvgIpc) is 4.03. The van der Waals surface area contributed by atoms with E-state index in [-0.39, 0.29) is 48.9 Å². The van der Waals surface area contributed by atoms with Crippen LogP contribution in [0, 0.1) is 11.6 Å². The molecule has 2 aliphatic heterocycles. The van der Waals surface area contributed by atoms with Gasteiger partial charge in [-0.2, -0.15) is 11.8 Å². The number of nitrogens with one attached hydrogen (secondary N) is 2. The molecular formula is C47H64F2N6O10S. The molecular weight excluding hydrogens is 879 g/mol. The van der Waals surface area contributed by atoms with Gasteiger partial charge >= 0.3 is 0 Å². The van der Waals surface area contributed by atoms with E-state index in [1.54, 1.807) is 30.5 Å². The molecule has 19 heteroatoms. The summed E-state index contributed by atoms with van der Waals surface area (Å²) in [7, 11) is 0. The van der Waals surface area contributed by atoms with Gasteiger partial charge in [0, 0.05) is 67.2 Å². The van der Waals surface area contributed by atoms with Crippen LogP contribution in [-0.2, 0) is 44.5 Å². The molecule has 5 rings (SSSR count). The summed E-state index contributed by atoms with van der Waals surface area (Å²) in [6.07, 6.45) is 10.6. The minimum atomic E-state index is -0.983. The lowest BCUT2D eigenvalue weighted by atomic mass is 10.0. The van der Waals surface area contributed by atoms with Crippen LogP contribution in [-0.4, -0.2) is 133 Å². The van der Waals surface area contributed by atoms with Gasteiger partial charge in [-0.3, -0.25) is 24.0 Å². The number of nitrogens with two attached hydrogens (primary N) is 1. The first kappa shape index (κ1) is 52.3. The highest BCUT2D eigenvalue weighted by Gasteiger charge is 2.41. The average molecular weight is 943 g/mol. The quantitative estimate of drug-likeness (QED) is 0.0659. The molecule has 2 fully saturated rings. The molecule has 3 aromatic rings. The topological polar surface area (TPSA) is 212 Å². The monoisotopic (exact) mass is 942 g/mol. The zero-order valence-corrected chi connectivity index (χ0v) is 38.4. The number of ketones is 3. The lowest BCUT2D eigenvalue weighted by molar-refractivity contribution is -0.123. The summed E-state index contributed by atoms with van der Waals surface area (Å²) in [4.78, 5) is 62.5. The van der Waals surface area contributed by atoms with Crippen LogP contribution in [0.4, 0.5) is 8.78 Å². The molecule has 0 bridgehead atoms. The third-order valence-electron chi connectivity index (χ3n) is 11.2. The Balaban J connectivity index is 0.847. The van der Waals surface area contributed by atoms with Crippen molar-refractivity contribution >= 4 is 40.9 Å². The minimum absolute atomic E-state index is 0.0111. The Labute approximate surface area is 389 Å². The van der Waals surface area contributed by atoms with Crippen molar-refractivity contribution in [3.8, 4) is 11.4 Å². The molecule has 3 heterocycles. The SMILES string of the molecule is NCCCC[C@@H](NC(=O)c1cccc(-n2cc(CCC(=O)CCOCCOCCOCCOCCCC(=O)CCCC[C@H]3C[C@@H]4NC(=O)C[C@@H]4S3)nn2)c1)C(=O)COc1c(F)cccc1F. The molecule has 2 aliphatic rings. The lowest BCUT2D eigenvalue weighted by Crippen LogP contribution is -2.43. The van der Waals surface area contributed by atoms with Crippen LogP contribution in [0.3, 0.4) is 0 Å². The second-order valence-electron chi connectivity index (χ2n) is 16.4. The second-order valence-corrected chi connectivity index (χ2v) is 17.9. The molecule has 4 atom stereocenters. The van der Waals surface area contributed by atoms with Gasteiger partial charge in [-0.25, -0.2) is 13.5 Å². The van der Waals surface area contributed by atoms with Gasteiger partial charge in [0.1, 0.15) is 18.2 Å². The molecule has 0 saturated carbocycles. The van der Waals surface area contributed by atoms with Gasteiger partial charge in [-0.1, -0.05) is 23.8 Å². The second kappa shape index (κ2) is 29.2. The Morgan fingerprint density at radius 1 is 0.833 bits per heavy atom. The zero-order valence-electron chi connectivity index (χ0n) is 37.6. The summed E-state index contributed by atoms with van der Waals surface area (Å²) in [5, 5.41) is 15.1. The highest BCUT2D eigenvalue weighted by molar-refractivity contribution is 8.00. The standard InChI is InChI=1S/C47H64F2N6O10S/c48-39-13-6-14-40(49)46(39)65-32-43(58)41(15-3-4-19-50)52-47(60)33-8-5-9-35(28-33)55-31-34(53-54-55)16-17-37(57)18-21-62-23-25-64-27-26-63-24-22-61-20-7-11-36(56)10-1-2-12-38-29-42-44(66-38)30-45(59)51-42/h5-6,8-9,13-14,28,31,38,41-42,44H,1-4,7,10-12,15-27,29-30,32,50H2,(H,51,59)(H,52,60)/t38-,41+,42-,44-/m0/s1. The van der Waals surface area contributed by atoms with Crippen molar-refractivity contribution in [2.45, 2.75) is 112 Å². The number of carbonyl (C=O) groups excluding carboxylic acids is 5. The Bertz CT molecular complexity index is 1970. The Morgan fingerprint density at radius 3 is 2.24 bits per heavy atom. The van der Waals surface area contributed by atoms with E-state index in [1.807, 2.05) is 11.8 Å². The lowest BCUT2D eigenvalue weighted by Gasteiger charge is -2.18. The third-order valence-corrected chi connectivity index (χ3v) is 12.8. The summed E-state index contributed by atoms with van der Waals surface area (Å²) in [5.74, 6) is -3.17. The van der Waals surface area contributed by atoms with Gasteiger partial charge < -0.3 is 40.1 Å². The van der Waals surface area contributed by atoms with Gasteiger partial charge in [0.15, 0.2) is 23.2 Å². The zero-order chi connectivity index (χ0) is 46.9. The van der Waals surface area contributed by atoms with E-state index in [4.69, 9.17) is 29.4 Å². The van der Waals surface area contributed by atoms with E-state index in [9.17, 15) is 32.8 Å². The maximum Gasteiger partial charge on any atom is 0.251 e. The number of unbranched alkanes of at least 4 members (excludes halogenated alkanes) is 2. The summed E-state index contributed by atoms with van der Waals surface area (Å²) in [6.45, 7) is 2.97. The van der Waals surface area contributed by atoms with Crippen LogP contribution in [0.1, 0.15) is 99.5 Å². The van der Waals surface area contributed by atoms with Gasteiger partial charge in [0.25, 0.3) is 5.91 Å². The van der Waals surface area contributed by atoms with Crippen LogP contribution >= 0.6 is 11.8 Å². The molecule has 0 radical (unpaired) electrons. The number of para-hydroxylation sites is 1. The first-order valence-corrected chi connectivity index (χ1v) is 23.9. The number of ether oxygens (including phenoxy) is 5. The van der Waals surface area contributed by atoms with E-state index < -0.39 is 41.7 Å². The van der Waals surface area contributed by atoms with E-state index in [0.29, 0.717) is 126 Å². The number of hydrogen-bond donors (Lipinski definition) is 3. The number of rotatable bonds is 35. The maximum atomic E-state index is 14.0. The molecule has 362 valence electrons. The fraction of sp³-hybridized carbons (Fsp3) is 0.596. The number of halogens is 2. The van der Waals surface area contributed by atoms with Crippen molar-refractivity contribution in [3.05, 3.63) is 71.6 Å².